The smallest absolute Gasteiger partial charge is 0.257 e. The zero-order chi connectivity index (χ0) is 14.8. The summed E-state index contributed by atoms with van der Waals surface area (Å²) in [6.07, 6.45) is 3.07. The van der Waals surface area contributed by atoms with Crippen molar-refractivity contribution in [2.24, 2.45) is 5.73 Å². The number of aromatic amines is 1. The summed E-state index contributed by atoms with van der Waals surface area (Å²) >= 11 is 4.91. The third kappa shape index (κ3) is 2.46. The first-order valence-corrected chi connectivity index (χ1v) is 6.56. The molecule has 0 spiro atoms. The second-order valence-electron chi connectivity index (χ2n) is 4.35. The molecule has 0 saturated heterocycles. The number of H-pyrrole nitrogens is 1. The van der Waals surface area contributed by atoms with E-state index in [0.29, 0.717) is 16.9 Å². The summed E-state index contributed by atoms with van der Waals surface area (Å²) in [7, 11) is 0. The number of nitrogens with zero attached hydrogens (tertiary/aromatic N) is 2. The largest absolute Gasteiger partial charge is 0.389 e. The quantitative estimate of drug-likeness (QED) is 0.641. The van der Waals surface area contributed by atoms with Crippen LogP contribution >= 0.6 is 12.2 Å². The normalized spacial score (nSPS) is 10.5. The van der Waals surface area contributed by atoms with Crippen molar-refractivity contribution in [3.05, 3.63) is 53.9 Å². The van der Waals surface area contributed by atoms with Crippen LogP contribution in [0, 0.1) is 0 Å². The molecular weight excluding hydrogens is 286 g/mol. The van der Waals surface area contributed by atoms with E-state index in [1.807, 2.05) is 24.3 Å². The second-order valence-corrected chi connectivity index (χ2v) is 4.79. The van der Waals surface area contributed by atoms with Gasteiger partial charge in [-0.1, -0.05) is 30.4 Å². The van der Waals surface area contributed by atoms with E-state index in [1.54, 1.807) is 12.3 Å². The van der Waals surface area contributed by atoms with Crippen molar-refractivity contribution in [3.8, 4) is 0 Å². The number of hydrogen-bond acceptors (Lipinski definition) is 4. The average Bonchev–Trinajstić information content (AvgIpc) is 2.95. The summed E-state index contributed by atoms with van der Waals surface area (Å²) in [5, 5.41) is 10.0. The molecule has 2 aromatic heterocycles. The number of benzene rings is 1. The molecule has 7 heteroatoms. The standard InChI is InChI=1S/C14H11N5OS/c15-12(21)10-7-17-19-13(10)18-14(20)9-5-6-16-11-4-2-1-3-8(9)11/h1-7H,(H2,15,21)(H2,17,18,19,20). The highest BCUT2D eigenvalue weighted by Gasteiger charge is 2.14. The second kappa shape index (κ2) is 5.29. The van der Waals surface area contributed by atoms with E-state index < -0.39 is 0 Å². The minimum atomic E-state index is -0.282. The highest BCUT2D eigenvalue weighted by molar-refractivity contribution is 7.80. The summed E-state index contributed by atoms with van der Waals surface area (Å²) in [6, 6.07) is 9.09. The number of aromatic nitrogens is 3. The number of amides is 1. The number of nitrogens with two attached hydrogens (primary N) is 1. The minimum Gasteiger partial charge on any atom is -0.389 e. The van der Waals surface area contributed by atoms with Crippen molar-refractivity contribution < 1.29 is 4.79 Å². The van der Waals surface area contributed by atoms with Crippen molar-refractivity contribution in [2.75, 3.05) is 5.32 Å². The Morgan fingerprint density at radius 3 is 2.86 bits per heavy atom. The number of anilines is 1. The number of rotatable bonds is 3. The molecule has 0 atom stereocenters. The molecule has 0 aliphatic rings. The van der Waals surface area contributed by atoms with Gasteiger partial charge in [-0.2, -0.15) is 5.10 Å². The molecule has 3 aromatic rings. The molecule has 0 unspecified atom stereocenters. The fraction of sp³-hybridized carbons (Fsp3) is 0. The Labute approximate surface area is 125 Å². The molecule has 0 fully saturated rings. The first kappa shape index (κ1) is 13.2. The lowest BCUT2D eigenvalue weighted by Gasteiger charge is -2.07. The van der Waals surface area contributed by atoms with Gasteiger partial charge >= 0.3 is 0 Å². The molecule has 0 radical (unpaired) electrons. The van der Waals surface area contributed by atoms with E-state index in [2.05, 4.69) is 20.5 Å². The van der Waals surface area contributed by atoms with Crippen LogP contribution in [0.4, 0.5) is 5.82 Å². The van der Waals surface area contributed by atoms with Crippen LogP contribution in [0.3, 0.4) is 0 Å². The molecular formula is C14H11N5OS. The average molecular weight is 297 g/mol. The molecule has 0 bridgehead atoms. The van der Waals surface area contributed by atoms with E-state index in [4.69, 9.17) is 18.0 Å². The van der Waals surface area contributed by atoms with Crippen LogP contribution in [0.1, 0.15) is 15.9 Å². The zero-order valence-corrected chi connectivity index (χ0v) is 11.6. The van der Waals surface area contributed by atoms with Gasteiger partial charge in [0.2, 0.25) is 0 Å². The Hall–Kier alpha value is -2.80. The van der Waals surface area contributed by atoms with Gasteiger partial charge in [0.1, 0.15) is 10.8 Å². The Kier molecular flexibility index (Phi) is 3.33. The third-order valence-corrected chi connectivity index (χ3v) is 3.26. The van der Waals surface area contributed by atoms with Crippen molar-refractivity contribution in [1.82, 2.24) is 15.2 Å². The molecule has 21 heavy (non-hydrogen) atoms. The SMILES string of the molecule is NC(=S)c1cn[nH]c1NC(=O)c1ccnc2ccccc12. The third-order valence-electron chi connectivity index (χ3n) is 3.04. The minimum absolute atomic E-state index is 0.165. The summed E-state index contributed by atoms with van der Waals surface area (Å²) in [6.45, 7) is 0. The fourth-order valence-corrected chi connectivity index (χ4v) is 2.20. The van der Waals surface area contributed by atoms with Gasteiger partial charge in [-0.05, 0) is 12.1 Å². The van der Waals surface area contributed by atoms with Crippen LogP contribution in [0.25, 0.3) is 10.9 Å². The topological polar surface area (TPSA) is 96.7 Å². The van der Waals surface area contributed by atoms with Crippen LogP contribution < -0.4 is 11.1 Å². The number of nitrogens with one attached hydrogen (secondary N) is 2. The lowest BCUT2D eigenvalue weighted by atomic mass is 10.1. The monoisotopic (exact) mass is 297 g/mol. The summed E-state index contributed by atoms with van der Waals surface area (Å²) in [5.41, 5.74) is 7.34. The highest BCUT2D eigenvalue weighted by Crippen LogP contribution is 2.18. The van der Waals surface area contributed by atoms with Gasteiger partial charge in [-0.3, -0.25) is 14.9 Å². The molecule has 2 heterocycles. The molecule has 4 N–H and O–H groups in total. The molecule has 0 saturated carbocycles. The maximum atomic E-state index is 12.4. The fourth-order valence-electron chi connectivity index (χ4n) is 2.04. The number of thiocarbonyl (C=S) groups is 1. The van der Waals surface area contributed by atoms with Crippen LogP contribution in [-0.4, -0.2) is 26.1 Å². The number of carbonyl (C=O) groups is 1. The van der Waals surface area contributed by atoms with Gasteiger partial charge in [0, 0.05) is 11.6 Å². The number of fused-ring (bicyclic) bond motifs is 1. The van der Waals surface area contributed by atoms with Crippen LogP contribution in [0.2, 0.25) is 0 Å². The van der Waals surface area contributed by atoms with E-state index in [0.717, 1.165) is 10.9 Å². The lowest BCUT2D eigenvalue weighted by molar-refractivity contribution is 0.102. The predicted octanol–water partition coefficient (Wildman–Crippen LogP) is 1.84. The number of carbonyl (C=O) groups excluding carboxylic acids is 1. The van der Waals surface area contributed by atoms with Gasteiger partial charge in [0.15, 0.2) is 0 Å². The zero-order valence-electron chi connectivity index (χ0n) is 10.8. The van der Waals surface area contributed by atoms with Gasteiger partial charge in [0.05, 0.1) is 22.8 Å². The molecule has 0 aliphatic carbocycles. The van der Waals surface area contributed by atoms with E-state index in [9.17, 15) is 4.79 Å². The van der Waals surface area contributed by atoms with Crippen molar-refractivity contribution in [2.45, 2.75) is 0 Å². The molecule has 1 aromatic carbocycles. The molecule has 104 valence electrons. The van der Waals surface area contributed by atoms with Crippen molar-refractivity contribution in [3.63, 3.8) is 0 Å². The maximum Gasteiger partial charge on any atom is 0.257 e. The number of hydrogen-bond donors (Lipinski definition) is 3. The summed E-state index contributed by atoms with van der Waals surface area (Å²) in [4.78, 5) is 16.8. The van der Waals surface area contributed by atoms with Crippen molar-refractivity contribution >= 4 is 39.8 Å². The van der Waals surface area contributed by atoms with Gasteiger partial charge in [-0.25, -0.2) is 0 Å². The predicted molar refractivity (Wildman–Crippen MR) is 84.2 cm³/mol. The molecule has 3 rings (SSSR count). The Morgan fingerprint density at radius 2 is 2.05 bits per heavy atom. The lowest BCUT2D eigenvalue weighted by Crippen LogP contribution is -2.17. The number of para-hydroxylation sites is 1. The molecule has 1 amide bonds. The molecule has 0 aliphatic heterocycles. The van der Waals surface area contributed by atoms with Crippen molar-refractivity contribution in [1.29, 1.82) is 0 Å². The van der Waals surface area contributed by atoms with Crippen LogP contribution in [0.15, 0.2) is 42.7 Å². The van der Waals surface area contributed by atoms with Crippen LogP contribution in [0.5, 0.6) is 0 Å². The Bertz CT molecular complexity index is 837. The van der Waals surface area contributed by atoms with Crippen LogP contribution in [-0.2, 0) is 0 Å². The maximum absolute atomic E-state index is 12.4. The Morgan fingerprint density at radius 1 is 1.24 bits per heavy atom. The summed E-state index contributed by atoms with van der Waals surface area (Å²) < 4.78 is 0. The van der Waals surface area contributed by atoms with Gasteiger partial charge in [0.25, 0.3) is 5.91 Å². The van der Waals surface area contributed by atoms with Gasteiger partial charge in [-0.15, -0.1) is 0 Å². The van der Waals surface area contributed by atoms with E-state index >= 15 is 0 Å². The Balaban J connectivity index is 1.98. The molecule has 6 nitrogen and oxygen atoms in total. The summed E-state index contributed by atoms with van der Waals surface area (Å²) in [5.74, 6) is 0.101. The first-order valence-electron chi connectivity index (χ1n) is 6.15. The van der Waals surface area contributed by atoms with Gasteiger partial charge < -0.3 is 11.1 Å². The first-order chi connectivity index (χ1) is 10.2. The highest BCUT2D eigenvalue weighted by atomic mass is 32.1. The van der Waals surface area contributed by atoms with E-state index in [1.165, 1.54) is 6.20 Å². The number of pyridine rings is 1. The van der Waals surface area contributed by atoms with E-state index in [-0.39, 0.29) is 10.9 Å².